The van der Waals surface area contributed by atoms with Crippen molar-refractivity contribution in [1.82, 2.24) is 15.5 Å². The van der Waals surface area contributed by atoms with Gasteiger partial charge in [-0.15, -0.1) is 10.2 Å². The van der Waals surface area contributed by atoms with Gasteiger partial charge in [-0.05, 0) is 36.2 Å². The maximum Gasteiger partial charge on any atom is 0.271 e. The van der Waals surface area contributed by atoms with Gasteiger partial charge < -0.3 is 10.6 Å². The molecule has 5 nitrogen and oxygen atoms in total. The molecule has 0 atom stereocenters. The number of carbonyl (C=O) groups excluding carboxylic acids is 1. The Labute approximate surface area is 122 Å². The molecule has 0 bridgehead atoms. The van der Waals surface area contributed by atoms with E-state index in [1.807, 2.05) is 6.92 Å². The molecule has 1 heterocycles. The summed E-state index contributed by atoms with van der Waals surface area (Å²) in [5.41, 5.74) is 1.22. The Morgan fingerprint density at radius 1 is 1.14 bits per heavy atom. The first-order valence-corrected chi connectivity index (χ1v) is 6.79. The van der Waals surface area contributed by atoms with Crippen molar-refractivity contribution >= 4 is 11.7 Å². The van der Waals surface area contributed by atoms with Crippen LogP contribution in [0, 0.1) is 5.82 Å². The molecule has 1 amide bonds. The third-order valence-corrected chi connectivity index (χ3v) is 2.82. The van der Waals surface area contributed by atoms with Crippen molar-refractivity contribution in [3.63, 3.8) is 0 Å². The van der Waals surface area contributed by atoms with E-state index in [1.54, 1.807) is 24.3 Å². The molecule has 0 spiro atoms. The quantitative estimate of drug-likeness (QED) is 0.856. The van der Waals surface area contributed by atoms with E-state index in [1.165, 1.54) is 12.1 Å². The molecule has 6 heteroatoms. The van der Waals surface area contributed by atoms with Crippen molar-refractivity contribution in [1.29, 1.82) is 0 Å². The van der Waals surface area contributed by atoms with E-state index in [4.69, 9.17) is 0 Å². The summed E-state index contributed by atoms with van der Waals surface area (Å²) in [4.78, 5) is 11.7. The van der Waals surface area contributed by atoms with Crippen LogP contribution in [0.2, 0.25) is 0 Å². The summed E-state index contributed by atoms with van der Waals surface area (Å²) in [5, 5.41) is 13.6. The first kappa shape index (κ1) is 14.9. The van der Waals surface area contributed by atoms with Crippen molar-refractivity contribution in [3.05, 3.63) is 53.5 Å². The zero-order valence-electron chi connectivity index (χ0n) is 11.8. The lowest BCUT2D eigenvalue weighted by Crippen LogP contribution is -2.25. The molecule has 0 radical (unpaired) electrons. The minimum Gasteiger partial charge on any atom is -0.365 e. The lowest BCUT2D eigenvalue weighted by molar-refractivity contribution is 0.0947. The molecule has 0 fully saturated rings. The van der Waals surface area contributed by atoms with Gasteiger partial charge in [0.25, 0.3) is 5.91 Å². The van der Waals surface area contributed by atoms with Gasteiger partial charge in [0, 0.05) is 13.1 Å². The maximum absolute atomic E-state index is 12.8. The molecule has 0 aliphatic carbocycles. The third-order valence-electron chi connectivity index (χ3n) is 2.82. The van der Waals surface area contributed by atoms with Crippen molar-refractivity contribution < 1.29 is 9.18 Å². The second-order valence-electron chi connectivity index (χ2n) is 4.54. The Morgan fingerprint density at radius 2 is 1.90 bits per heavy atom. The van der Waals surface area contributed by atoms with Crippen LogP contribution in [0.25, 0.3) is 0 Å². The molecule has 110 valence electrons. The molecule has 2 rings (SSSR count). The molecule has 21 heavy (non-hydrogen) atoms. The van der Waals surface area contributed by atoms with Crippen LogP contribution in [0.15, 0.2) is 36.4 Å². The van der Waals surface area contributed by atoms with Crippen LogP contribution in [0.4, 0.5) is 10.2 Å². The van der Waals surface area contributed by atoms with Crippen molar-refractivity contribution in [2.24, 2.45) is 0 Å². The Balaban J connectivity index is 1.90. The number of rotatable bonds is 6. The molecule has 0 saturated heterocycles. The Hall–Kier alpha value is -2.50. The van der Waals surface area contributed by atoms with Gasteiger partial charge in [0.05, 0.1) is 0 Å². The van der Waals surface area contributed by atoms with Crippen molar-refractivity contribution in [2.75, 3.05) is 11.9 Å². The highest BCUT2D eigenvalue weighted by molar-refractivity contribution is 5.92. The molecule has 2 N–H and O–H groups in total. The van der Waals surface area contributed by atoms with E-state index in [9.17, 15) is 9.18 Å². The molecule has 0 saturated carbocycles. The van der Waals surface area contributed by atoms with Crippen LogP contribution >= 0.6 is 0 Å². The number of hydrogen-bond acceptors (Lipinski definition) is 4. The first-order valence-electron chi connectivity index (χ1n) is 6.79. The molecule has 1 aromatic heterocycles. The average Bonchev–Trinajstić information content (AvgIpc) is 2.52. The molecule has 1 aromatic carbocycles. The number of nitrogens with zero attached hydrogens (tertiary/aromatic N) is 2. The van der Waals surface area contributed by atoms with Crippen LogP contribution in [-0.4, -0.2) is 22.6 Å². The van der Waals surface area contributed by atoms with E-state index in [0.29, 0.717) is 18.9 Å². The molecule has 0 unspecified atom stereocenters. The third kappa shape index (κ3) is 4.52. The number of nitrogens with one attached hydrogen (secondary N) is 2. The Bertz CT molecular complexity index is 584. The van der Waals surface area contributed by atoms with Gasteiger partial charge in [-0.1, -0.05) is 19.1 Å². The first-order chi connectivity index (χ1) is 10.2. The fourth-order valence-corrected chi connectivity index (χ4v) is 1.67. The summed E-state index contributed by atoms with van der Waals surface area (Å²) in [6.45, 7) is 3.11. The summed E-state index contributed by atoms with van der Waals surface area (Å²) in [6, 6.07) is 9.51. The lowest BCUT2D eigenvalue weighted by Gasteiger charge is -2.06. The van der Waals surface area contributed by atoms with Crippen molar-refractivity contribution in [2.45, 2.75) is 19.9 Å². The number of hydrogen-bond donors (Lipinski definition) is 2. The smallest absolute Gasteiger partial charge is 0.271 e. The number of carbonyl (C=O) groups is 1. The van der Waals surface area contributed by atoms with Gasteiger partial charge in [-0.2, -0.15) is 0 Å². The average molecular weight is 288 g/mol. The number of halogens is 1. The second kappa shape index (κ2) is 7.33. The summed E-state index contributed by atoms with van der Waals surface area (Å²) in [5.74, 6) is 0.0711. The van der Waals surface area contributed by atoms with Crippen LogP contribution in [0.5, 0.6) is 0 Å². The fourth-order valence-electron chi connectivity index (χ4n) is 1.67. The van der Waals surface area contributed by atoms with Gasteiger partial charge in [0.1, 0.15) is 11.6 Å². The Morgan fingerprint density at radius 3 is 2.52 bits per heavy atom. The Kier molecular flexibility index (Phi) is 5.20. The minimum absolute atomic E-state index is 0.227. The largest absolute Gasteiger partial charge is 0.365 e. The maximum atomic E-state index is 12.8. The number of anilines is 1. The highest BCUT2D eigenvalue weighted by Gasteiger charge is 2.06. The zero-order valence-corrected chi connectivity index (χ0v) is 11.8. The van der Waals surface area contributed by atoms with Gasteiger partial charge in [0.15, 0.2) is 5.69 Å². The van der Waals surface area contributed by atoms with Gasteiger partial charge in [-0.25, -0.2) is 4.39 Å². The standard InChI is InChI=1S/C15H17FN4O/c1-2-9-17-15(21)13-7-8-14(20-19-13)18-10-11-3-5-12(16)6-4-11/h3-8H,2,9-10H2,1H3,(H,17,21)(H,18,20). The normalized spacial score (nSPS) is 10.2. The highest BCUT2D eigenvalue weighted by atomic mass is 19.1. The SMILES string of the molecule is CCCNC(=O)c1ccc(NCc2ccc(F)cc2)nn1. The highest BCUT2D eigenvalue weighted by Crippen LogP contribution is 2.07. The second-order valence-corrected chi connectivity index (χ2v) is 4.54. The number of amides is 1. The molecule has 2 aromatic rings. The summed E-state index contributed by atoms with van der Waals surface area (Å²) < 4.78 is 12.8. The van der Waals surface area contributed by atoms with E-state index < -0.39 is 0 Å². The number of aromatic nitrogens is 2. The summed E-state index contributed by atoms with van der Waals surface area (Å²) >= 11 is 0. The topological polar surface area (TPSA) is 66.9 Å². The van der Waals surface area contributed by atoms with E-state index >= 15 is 0 Å². The lowest BCUT2D eigenvalue weighted by atomic mass is 10.2. The monoisotopic (exact) mass is 288 g/mol. The van der Waals surface area contributed by atoms with Gasteiger partial charge >= 0.3 is 0 Å². The van der Waals surface area contributed by atoms with Gasteiger partial charge in [0.2, 0.25) is 0 Å². The molecule has 0 aliphatic rings. The predicted octanol–water partition coefficient (Wildman–Crippen LogP) is 2.37. The van der Waals surface area contributed by atoms with Crippen LogP contribution in [-0.2, 0) is 6.54 Å². The summed E-state index contributed by atoms with van der Waals surface area (Å²) in [7, 11) is 0. The fraction of sp³-hybridized carbons (Fsp3) is 0.267. The van der Waals surface area contributed by atoms with E-state index in [-0.39, 0.29) is 17.4 Å². The zero-order chi connectivity index (χ0) is 15.1. The molecule has 0 aliphatic heterocycles. The van der Waals surface area contributed by atoms with E-state index in [2.05, 4.69) is 20.8 Å². The number of benzene rings is 1. The van der Waals surface area contributed by atoms with Crippen LogP contribution < -0.4 is 10.6 Å². The molecular weight excluding hydrogens is 271 g/mol. The van der Waals surface area contributed by atoms with Gasteiger partial charge in [-0.3, -0.25) is 4.79 Å². The van der Waals surface area contributed by atoms with E-state index in [0.717, 1.165) is 12.0 Å². The molecular formula is C15H17FN4O. The summed E-state index contributed by atoms with van der Waals surface area (Å²) in [6.07, 6.45) is 0.872. The van der Waals surface area contributed by atoms with Crippen LogP contribution in [0.1, 0.15) is 29.4 Å². The van der Waals surface area contributed by atoms with Crippen LogP contribution in [0.3, 0.4) is 0 Å². The minimum atomic E-state index is -0.263. The van der Waals surface area contributed by atoms with Crippen molar-refractivity contribution in [3.8, 4) is 0 Å². The predicted molar refractivity (Wildman–Crippen MR) is 78.4 cm³/mol.